The summed E-state index contributed by atoms with van der Waals surface area (Å²) in [7, 11) is 1.93. The van der Waals surface area contributed by atoms with E-state index in [2.05, 4.69) is 4.98 Å². The van der Waals surface area contributed by atoms with E-state index in [1.165, 1.54) is 12.1 Å². The maximum atomic E-state index is 13.1. The van der Waals surface area contributed by atoms with Gasteiger partial charge >= 0.3 is 0 Å². The monoisotopic (exact) mass is 274 g/mol. The van der Waals surface area contributed by atoms with Gasteiger partial charge in [-0.05, 0) is 36.2 Å². The summed E-state index contributed by atoms with van der Waals surface area (Å²) in [6.07, 6.45) is 1.86. The molecule has 2 aromatic rings. The number of hydrogen-bond acceptors (Lipinski definition) is 3. The van der Waals surface area contributed by atoms with Gasteiger partial charge in [0.05, 0.1) is 23.7 Å². The molecule has 0 aliphatic rings. The Morgan fingerprint density at radius 3 is 2.70 bits per heavy atom. The second kappa shape index (κ2) is 6.48. The van der Waals surface area contributed by atoms with E-state index in [9.17, 15) is 9.50 Å². The van der Waals surface area contributed by atoms with Crippen LogP contribution in [0.25, 0.3) is 0 Å². The maximum Gasteiger partial charge on any atom is 0.123 e. The zero-order valence-corrected chi connectivity index (χ0v) is 11.8. The van der Waals surface area contributed by atoms with Crippen LogP contribution in [0.15, 0.2) is 42.6 Å². The van der Waals surface area contributed by atoms with Gasteiger partial charge in [0.1, 0.15) is 5.82 Å². The van der Waals surface area contributed by atoms with Crippen molar-refractivity contribution in [3.05, 3.63) is 59.7 Å². The largest absolute Gasteiger partial charge is 0.387 e. The van der Waals surface area contributed by atoms with Gasteiger partial charge in [-0.1, -0.05) is 19.1 Å². The average molecular weight is 274 g/mol. The summed E-state index contributed by atoms with van der Waals surface area (Å²) in [5.41, 5.74) is 2.52. The zero-order chi connectivity index (χ0) is 14.5. The Labute approximate surface area is 118 Å². The molecular formula is C16H19FN2O. The molecule has 106 valence electrons. The molecule has 3 nitrogen and oxygen atoms in total. The van der Waals surface area contributed by atoms with Crippen LogP contribution in [0.3, 0.4) is 0 Å². The number of aromatic nitrogens is 1. The van der Waals surface area contributed by atoms with E-state index < -0.39 is 6.10 Å². The normalized spacial score (nSPS) is 12.2. The van der Waals surface area contributed by atoms with Gasteiger partial charge in [-0.2, -0.15) is 0 Å². The van der Waals surface area contributed by atoms with Crippen molar-refractivity contribution in [2.45, 2.75) is 26.0 Å². The average Bonchev–Trinajstić information content (AvgIpc) is 2.46. The molecule has 1 aromatic carbocycles. The zero-order valence-electron chi connectivity index (χ0n) is 11.8. The summed E-state index contributed by atoms with van der Waals surface area (Å²) in [6, 6.07) is 10.3. The Morgan fingerprint density at radius 1 is 1.30 bits per heavy atom. The summed E-state index contributed by atoms with van der Waals surface area (Å²) in [5.74, 6) is -0.226. The van der Waals surface area contributed by atoms with Crippen LogP contribution in [-0.2, 0) is 6.54 Å². The van der Waals surface area contributed by atoms with Crippen LogP contribution in [0.1, 0.15) is 30.7 Å². The molecule has 0 spiro atoms. The van der Waals surface area contributed by atoms with Crippen molar-refractivity contribution in [3.8, 4) is 0 Å². The topological polar surface area (TPSA) is 36.4 Å². The molecule has 0 saturated heterocycles. The van der Waals surface area contributed by atoms with Gasteiger partial charge in [0.25, 0.3) is 0 Å². The first kappa shape index (κ1) is 14.5. The molecule has 1 aromatic heterocycles. The van der Waals surface area contributed by atoms with Gasteiger partial charge in [0, 0.05) is 13.6 Å². The van der Waals surface area contributed by atoms with Crippen LogP contribution < -0.4 is 4.90 Å². The molecule has 0 bridgehead atoms. The summed E-state index contributed by atoms with van der Waals surface area (Å²) < 4.78 is 13.1. The highest BCUT2D eigenvalue weighted by Gasteiger charge is 2.08. The quantitative estimate of drug-likeness (QED) is 0.908. The molecule has 0 aliphatic heterocycles. The number of pyridine rings is 1. The third-order valence-electron chi connectivity index (χ3n) is 3.25. The Balaban J connectivity index is 2.07. The SMILES string of the molecule is CC[C@H](O)c1ccc(N(C)Cc2cccc(F)c2)cn1. The van der Waals surface area contributed by atoms with Gasteiger partial charge in [-0.15, -0.1) is 0 Å². The van der Waals surface area contributed by atoms with E-state index in [1.54, 1.807) is 12.3 Å². The molecule has 0 fully saturated rings. The smallest absolute Gasteiger partial charge is 0.123 e. The van der Waals surface area contributed by atoms with Crippen LogP contribution in [0.2, 0.25) is 0 Å². The third kappa shape index (κ3) is 3.54. The first-order valence-corrected chi connectivity index (χ1v) is 6.69. The van der Waals surface area contributed by atoms with Crippen molar-refractivity contribution >= 4 is 5.69 Å². The van der Waals surface area contributed by atoms with Crippen LogP contribution in [-0.4, -0.2) is 17.1 Å². The minimum absolute atomic E-state index is 0.226. The lowest BCUT2D eigenvalue weighted by molar-refractivity contribution is 0.169. The second-order valence-electron chi connectivity index (χ2n) is 4.85. The minimum atomic E-state index is -0.516. The van der Waals surface area contributed by atoms with Crippen molar-refractivity contribution in [1.82, 2.24) is 4.98 Å². The summed E-state index contributed by atoms with van der Waals surface area (Å²) in [4.78, 5) is 6.25. The van der Waals surface area contributed by atoms with Crippen molar-refractivity contribution < 1.29 is 9.50 Å². The van der Waals surface area contributed by atoms with Gasteiger partial charge in [-0.3, -0.25) is 4.98 Å². The van der Waals surface area contributed by atoms with E-state index in [1.807, 2.05) is 37.1 Å². The number of hydrogen-bond donors (Lipinski definition) is 1. The molecule has 0 radical (unpaired) electrons. The molecule has 4 heteroatoms. The molecule has 0 aliphatic carbocycles. The number of rotatable bonds is 5. The fourth-order valence-corrected chi connectivity index (χ4v) is 2.03. The highest BCUT2D eigenvalue weighted by Crippen LogP contribution is 2.19. The van der Waals surface area contributed by atoms with Gasteiger partial charge in [0.2, 0.25) is 0 Å². The molecule has 20 heavy (non-hydrogen) atoms. The first-order chi connectivity index (χ1) is 9.60. The maximum absolute atomic E-state index is 13.1. The Kier molecular flexibility index (Phi) is 4.69. The molecule has 0 saturated carbocycles. The third-order valence-corrected chi connectivity index (χ3v) is 3.25. The Morgan fingerprint density at radius 2 is 2.10 bits per heavy atom. The molecule has 1 N–H and O–H groups in total. The fourth-order valence-electron chi connectivity index (χ4n) is 2.03. The second-order valence-corrected chi connectivity index (χ2v) is 4.85. The molecular weight excluding hydrogens is 255 g/mol. The summed E-state index contributed by atoms with van der Waals surface area (Å²) in [6.45, 7) is 2.52. The lowest BCUT2D eigenvalue weighted by atomic mass is 10.1. The number of anilines is 1. The van der Waals surface area contributed by atoms with Gasteiger partial charge < -0.3 is 10.0 Å². The molecule has 1 atom stereocenters. The van der Waals surface area contributed by atoms with Crippen molar-refractivity contribution in [2.24, 2.45) is 0 Å². The predicted octanol–water partition coefficient (Wildman–Crippen LogP) is 3.30. The van der Waals surface area contributed by atoms with Crippen molar-refractivity contribution in [1.29, 1.82) is 0 Å². The van der Waals surface area contributed by atoms with E-state index in [4.69, 9.17) is 0 Å². The molecule has 1 heterocycles. The summed E-state index contributed by atoms with van der Waals surface area (Å²) in [5, 5.41) is 9.71. The van der Waals surface area contributed by atoms with E-state index in [0.29, 0.717) is 18.7 Å². The van der Waals surface area contributed by atoms with Crippen LogP contribution in [0.4, 0.5) is 10.1 Å². The molecule has 2 rings (SSSR count). The first-order valence-electron chi connectivity index (χ1n) is 6.69. The van der Waals surface area contributed by atoms with Gasteiger partial charge in [0.15, 0.2) is 0 Å². The van der Waals surface area contributed by atoms with Gasteiger partial charge in [-0.25, -0.2) is 4.39 Å². The number of aliphatic hydroxyl groups is 1. The van der Waals surface area contributed by atoms with Crippen molar-refractivity contribution in [3.63, 3.8) is 0 Å². The number of nitrogens with zero attached hydrogens (tertiary/aromatic N) is 2. The molecule has 0 unspecified atom stereocenters. The number of aliphatic hydroxyl groups excluding tert-OH is 1. The minimum Gasteiger partial charge on any atom is -0.387 e. The Hall–Kier alpha value is -1.94. The van der Waals surface area contributed by atoms with E-state index >= 15 is 0 Å². The predicted molar refractivity (Wildman–Crippen MR) is 78.0 cm³/mol. The van der Waals surface area contributed by atoms with E-state index in [-0.39, 0.29) is 5.82 Å². The fraction of sp³-hybridized carbons (Fsp3) is 0.312. The number of halogens is 1. The van der Waals surface area contributed by atoms with Crippen LogP contribution in [0.5, 0.6) is 0 Å². The van der Waals surface area contributed by atoms with Crippen LogP contribution >= 0.6 is 0 Å². The van der Waals surface area contributed by atoms with Crippen LogP contribution in [0, 0.1) is 5.82 Å². The molecule has 0 amide bonds. The summed E-state index contributed by atoms with van der Waals surface area (Å²) >= 11 is 0. The highest BCUT2D eigenvalue weighted by molar-refractivity contribution is 5.44. The Bertz CT molecular complexity index is 557. The van der Waals surface area contributed by atoms with Crippen molar-refractivity contribution in [2.75, 3.05) is 11.9 Å². The highest BCUT2D eigenvalue weighted by atomic mass is 19.1. The standard InChI is InChI=1S/C16H19FN2O/c1-3-16(20)15-8-7-14(10-18-15)19(2)11-12-5-4-6-13(17)9-12/h4-10,16,20H,3,11H2,1-2H3/t16-/m0/s1. The van der Waals surface area contributed by atoms with E-state index in [0.717, 1.165) is 11.3 Å². The number of benzene rings is 1. The lowest BCUT2D eigenvalue weighted by Crippen LogP contribution is -2.16. The lowest BCUT2D eigenvalue weighted by Gasteiger charge is -2.19.